The van der Waals surface area contributed by atoms with E-state index in [4.69, 9.17) is 4.74 Å². The number of benzene rings is 1. The summed E-state index contributed by atoms with van der Waals surface area (Å²) in [6, 6.07) is 10.4. The van der Waals surface area contributed by atoms with Gasteiger partial charge in [-0.2, -0.15) is 0 Å². The molecule has 2 heterocycles. The van der Waals surface area contributed by atoms with Gasteiger partial charge in [0.15, 0.2) is 0 Å². The highest BCUT2D eigenvalue weighted by atomic mass is 79.9. The highest BCUT2D eigenvalue weighted by Crippen LogP contribution is 2.32. The van der Waals surface area contributed by atoms with E-state index in [1.807, 2.05) is 24.3 Å². The van der Waals surface area contributed by atoms with Crippen LogP contribution in [0.5, 0.6) is 5.75 Å². The van der Waals surface area contributed by atoms with Crippen LogP contribution in [0.1, 0.15) is 17.3 Å². The molecule has 19 heavy (non-hydrogen) atoms. The molecule has 0 spiro atoms. The van der Waals surface area contributed by atoms with Crippen molar-refractivity contribution in [2.24, 2.45) is 0 Å². The predicted octanol–water partition coefficient (Wildman–Crippen LogP) is 3.83. The Balaban J connectivity index is 1.71. The Morgan fingerprint density at radius 2 is 2.16 bits per heavy atom. The summed E-state index contributed by atoms with van der Waals surface area (Å²) in [5.74, 6) is 0.975. The third kappa shape index (κ3) is 2.83. The van der Waals surface area contributed by atoms with E-state index in [0.29, 0.717) is 13.2 Å². The molecule has 0 saturated carbocycles. The lowest BCUT2D eigenvalue weighted by Crippen LogP contribution is -2.22. The Labute approximate surface area is 128 Å². The van der Waals surface area contributed by atoms with Gasteiger partial charge in [0.05, 0.1) is 11.7 Å². The molecule has 1 aliphatic rings. The van der Waals surface area contributed by atoms with E-state index < -0.39 is 0 Å². The van der Waals surface area contributed by atoms with Crippen LogP contribution in [0.15, 0.2) is 45.5 Å². The maximum Gasteiger partial charge on any atom is 0.124 e. The number of para-hydroxylation sites is 1. The first-order valence-electron chi connectivity index (χ1n) is 5.99. The van der Waals surface area contributed by atoms with Crippen LogP contribution in [0, 0.1) is 0 Å². The normalized spacial score (nSPS) is 17.1. The van der Waals surface area contributed by atoms with Gasteiger partial charge in [-0.3, -0.25) is 4.98 Å². The van der Waals surface area contributed by atoms with Crippen molar-refractivity contribution in [3.63, 3.8) is 0 Å². The van der Waals surface area contributed by atoms with Gasteiger partial charge in [0.1, 0.15) is 12.4 Å². The second-order valence-corrected chi connectivity index (χ2v) is 6.13. The lowest BCUT2D eigenvalue weighted by Gasteiger charge is -2.12. The zero-order valence-corrected chi connectivity index (χ0v) is 13.2. The third-order valence-corrected chi connectivity index (χ3v) is 4.22. The fourth-order valence-electron chi connectivity index (χ4n) is 2.12. The number of fused-ring (bicyclic) bond motifs is 1. The van der Waals surface area contributed by atoms with E-state index in [0.717, 1.165) is 20.4 Å². The van der Waals surface area contributed by atoms with Gasteiger partial charge in [0.2, 0.25) is 0 Å². The largest absolute Gasteiger partial charge is 0.491 e. The molecule has 3 rings (SSSR count). The highest BCUT2D eigenvalue weighted by Gasteiger charge is 2.23. The molecule has 0 aliphatic carbocycles. The Kier molecular flexibility index (Phi) is 3.86. The molecule has 1 aromatic heterocycles. The quantitative estimate of drug-likeness (QED) is 0.874. The number of hydrogen-bond donors (Lipinski definition) is 1. The van der Waals surface area contributed by atoms with E-state index in [1.54, 1.807) is 6.20 Å². The predicted molar refractivity (Wildman–Crippen MR) is 81.2 cm³/mol. The molecule has 0 saturated heterocycles. The van der Waals surface area contributed by atoms with Gasteiger partial charge in [0, 0.05) is 27.3 Å². The van der Waals surface area contributed by atoms with Gasteiger partial charge in [-0.05, 0) is 44.0 Å². The van der Waals surface area contributed by atoms with Crippen LogP contribution >= 0.6 is 31.9 Å². The summed E-state index contributed by atoms with van der Waals surface area (Å²) in [5, 5.41) is 3.48. The van der Waals surface area contributed by atoms with Crippen molar-refractivity contribution in [3.05, 3.63) is 56.7 Å². The van der Waals surface area contributed by atoms with E-state index in [1.165, 1.54) is 5.56 Å². The smallest absolute Gasteiger partial charge is 0.124 e. The van der Waals surface area contributed by atoms with E-state index in [2.05, 4.69) is 48.2 Å². The molecule has 0 radical (unpaired) electrons. The number of nitrogens with zero attached hydrogens (tertiary/aromatic N) is 1. The summed E-state index contributed by atoms with van der Waals surface area (Å²) in [4.78, 5) is 4.40. The lowest BCUT2D eigenvalue weighted by molar-refractivity contribution is 0.310. The van der Waals surface area contributed by atoms with E-state index >= 15 is 0 Å². The topological polar surface area (TPSA) is 34.2 Å². The molecule has 1 aliphatic heterocycles. The molecule has 1 atom stereocenters. The SMILES string of the molecule is Brc1cnc(CNC2COc3ccccc32)c(Br)c1. The molecule has 0 amide bonds. The first-order valence-corrected chi connectivity index (χ1v) is 7.57. The molecule has 2 aromatic rings. The molecule has 0 bridgehead atoms. The fourth-order valence-corrected chi connectivity index (χ4v) is 3.25. The monoisotopic (exact) mass is 382 g/mol. The number of halogens is 2. The van der Waals surface area contributed by atoms with Crippen molar-refractivity contribution in [2.45, 2.75) is 12.6 Å². The van der Waals surface area contributed by atoms with Crippen molar-refractivity contribution >= 4 is 31.9 Å². The van der Waals surface area contributed by atoms with Gasteiger partial charge in [-0.25, -0.2) is 0 Å². The van der Waals surface area contributed by atoms with Gasteiger partial charge in [-0.1, -0.05) is 18.2 Å². The molecular formula is C14H12Br2N2O. The van der Waals surface area contributed by atoms with Crippen LogP contribution < -0.4 is 10.1 Å². The summed E-state index contributed by atoms with van der Waals surface area (Å²) >= 11 is 6.93. The molecule has 1 aromatic carbocycles. The zero-order valence-electron chi connectivity index (χ0n) is 10.1. The average molecular weight is 384 g/mol. The van der Waals surface area contributed by atoms with Crippen LogP contribution in [0.2, 0.25) is 0 Å². The van der Waals surface area contributed by atoms with Crippen LogP contribution in [0.3, 0.4) is 0 Å². The van der Waals surface area contributed by atoms with Crippen LogP contribution in [-0.4, -0.2) is 11.6 Å². The van der Waals surface area contributed by atoms with Crippen molar-refractivity contribution < 1.29 is 4.74 Å². The Morgan fingerprint density at radius 1 is 1.32 bits per heavy atom. The number of nitrogens with one attached hydrogen (secondary N) is 1. The second-order valence-electron chi connectivity index (χ2n) is 4.36. The number of hydrogen-bond acceptors (Lipinski definition) is 3. The number of ether oxygens (including phenoxy) is 1. The zero-order chi connectivity index (χ0) is 13.2. The first-order chi connectivity index (χ1) is 9.24. The minimum absolute atomic E-state index is 0.230. The molecule has 3 nitrogen and oxygen atoms in total. The molecular weight excluding hydrogens is 372 g/mol. The molecule has 1 unspecified atom stereocenters. The summed E-state index contributed by atoms with van der Waals surface area (Å²) in [5.41, 5.74) is 2.21. The lowest BCUT2D eigenvalue weighted by atomic mass is 10.1. The maximum absolute atomic E-state index is 5.65. The first kappa shape index (κ1) is 13.1. The number of aromatic nitrogens is 1. The second kappa shape index (κ2) is 5.61. The minimum atomic E-state index is 0.230. The van der Waals surface area contributed by atoms with Crippen LogP contribution in [0.25, 0.3) is 0 Å². The Hall–Kier alpha value is -0.910. The molecule has 1 N–H and O–H groups in total. The molecule has 98 valence electrons. The van der Waals surface area contributed by atoms with E-state index in [9.17, 15) is 0 Å². The maximum atomic E-state index is 5.65. The molecule has 0 fully saturated rings. The summed E-state index contributed by atoms with van der Waals surface area (Å²) in [6.45, 7) is 1.38. The van der Waals surface area contributed by atoms with Crippen molar-refractivity contribution in [3.8, 4) is 5.75 Å². The van der Waals surface area contributed by atoms with E-state index in [-0.39, 0.29) is 6.04 Å². The summed E-state index contributed by atoms with van der Waals surface area (Å²) in [7, 11) is 0. The highest BCUT2D eigenvalue weighted by molar-refractivity contribution is 9.11. The summed E-state index contributed by atoms with van der Waals surface area (Å²) < 4.78 is 7.62. The van der Waals surface area contributed by atoms with Gasteiger partial charge < -0.3 is 10.1 Å². The number of rotatable bonds is 3. The van der Waals surface area contributed by atoms with Crippen molar-refractivity contribution in [1.29, 1.82) is 0 Å². The van der Waals surface area contributed by atoms with Crippen LogP contribution in [-0.2, 0) is 6.54 Å². The van der Waals surface area contributed by atoms with Gasteiger partial charge >= 0.3 is 0 Å². The van der Waals surface area contributed by atoms with Crippen molar-refractivity contribution in [1.82, 2.24) is 10.3 Å². The average Bonchev–Trinajstić information content (AvgIpc) is 2.81. The number of pyridine rings is 1. The third-order valence-electron chi connectivity index (χ3n) is 3.10. The standard InChI is InChI=1S/C14H12Br2N2O/c15-9-5-11(16)12(17-6-9)7-18-13-8-19-14-4-2-1-3-10(13)14/h1-6,13,18H,7-8H2. The molecule has 5 heteroatoms. The van der Waals surface area contributed by atoms with Gasteiger partial charge in [0.25, 0.3) is 0 Å². The van der Waals surface area contributed by atoms with Gasteiger partial charge in [-0.15, -0.1) is 0 Å². The van der Waals surface area contributed by atoms with Crippen LogP contribution in [0.4, 0.5) is 0 Å². The minimum Gasteiger partial charge on any atom is -0.491 e. The summed E-state index contributed by atoms with van der Waals surface area (Å²) in [6.07, 6.45) is 1.81. The Morgan fingerprint density at radius 3 is 3.00 bits per heavy atom. The Bertz CT molecular complexity index is 604. The van der Waals surface area contributed by atoms with Crippen molar-refractivity contribution in [2.75, 3.05) is 6.61 Å². The fraction of sp³-hybridized carbons (Fsp3) is 0.214.